The first-order chi connectivity index (χ1) is 12.4. The molecular weight excluding hydrogens is 334 g/mol. The van der Waals surface area contributed by atoms with Gasteiger partial charge in [-0.2, -0.15) is 0 Å². The second-order valence-corrected chi connectivity index (χ2v) is 6.53. The predicted octanol–water partition coefficient (Wildman–Crippen LogP) is 2.63. The van der Waals surface area contributed by atoms with E-state index in [1.54, 1.807) is 7.11 Å². The Balaban J connectivity index is 2.09. The van der Waals surface area contributed by atoms with Gasteiger partial charge in [-0.05, 0) is 42.7 Å². The number of pyridine rings is 1. The molecule has 0 bridgehead atoms. The second-order valence-electron chi connectivity index (χ2n) is 6.53. The van der Waals surface area contributed by atoms with Gasteiger partial charge in [-0.25, -0.2) is 9.78 Å². The molecule has 2 N–H and O–H groups in total. The van der Waals surface area contributed by atoms with Crippen LogP contribution in [0.15, 0.2) is 33.9 Å². The summed E-state index contributed by atoms with van der Waals surface area (Å²) < 4.78 is 11.2. The van der Waals surface area contributed by atoms with Gasteiger partial charge >= 0.3 is 5.69 Å². The SMILES string of the molecule is COc1cc(-c2cc(C)c3[nH]c(=O)[nH]c(=O)c3n2)ccc1OCC(C)C. The summed E-state index contributed by atoms with van der Waals surface area (Å²) in [5.74, 6) is 1.65. The smallest absolute Gasteiger partial charge is 0.326 e. The molecule has 2 heterocycles. The third-order valence-corrected chi connectivity index (χ3v) is 3.93. The van der Waals surface area contributed by atoms with Crippen LogP contribution in [0.25, 0.3) is 22.3 Å². The van der Waals surface area contributed by atoms with Gasteiger partial charge < -0.3 is 14.5 Å². The maximum Gasteiger partial charge on any atom is 0.326 e. The van der Waals surface area contributed by atoms with E-state index in [4.69, 9.17) is 9.47 Å². The van der Waals surface area contributed by atoms with Crippen LogP contribution in [0.2, 0.25) is 0 Å². The Labute approximate surface area is 150 Å². The number of aromatic amines is 2. The van der Waals surface area contributed by atoms with E-state index < -0.39 is 11.2 Å². The molecule has 1 aromatic carbocycles. The van der Waals surface area contributed by atoms with Gasteiger partial charge in [0.05, 0.1) is 24.9 Å². The number of aryl methyl sites for hydroxylation is 1. The van der Waals surface area contributed by atoms with Crippen molar-refractivity contribution in [2.24, 2.45) is 5.92 Å². The molecule has 7 heteroatoms. The molecule has 136 valence electrons. The lowest BCUT2D eigenvalue weighted by atomic mass is 10.1. The van der Waals surface area contributed by atoms with Crippen LogP contribution in [-0.4, -0.2) is 28.7 Å². The monoisotopic (exact) mass is 355 g/mol. The lowest BCUT2D eigenvalue weighted by Crippen LogP contribution is -2.23. The minimum atomic E-state index is -0.548. The third-order valence-electron chi connectivity index (χ3n) is 3.93. The Morgan fingerprint density at radius 1 is 1.12 bits per heavy atom. The molecule has 0 fully saturated rings. The van der Waals surface area contributed by atoms with Crippen molar-refractivity contribution in [3.8, 4) is 22.8 Å². The van der Waals surface area contributed by atoms with Gasteiger partial charge in [-0.15, -0.1) is 0 Å². The Morgan fingerprint density at radius 3 is 2.58 bits per heavy atom. The van der Waals surface area contributed by atoms with E-state index in [0.29, 0.717) is 35.2 Å². The van der Waals surface area contributed by atoms with E-state index in [-0.39, 0.29) is 5.52 Å². The van der Waals surface area contributed by atoms with Gasteiger partial charge in [0.1, 0.15) is 0 Å². The summed E-state index contributed by atoms with van der Waals surface area (Å²) >= 11 is 0. The summed E-state index contributed by atoms with van der Waals surface area (Å²) in [5, 5.41) is 0. The van der Waals surface area contributed by atoms with Crippen LogP contribution in [0, 0.1) is 12.8 Å². The highest BCUT2D eigenvalue weighted by Gasteiger charge is 2.12. The molecule has 0 saturated carbocycles. The molecule has 0 aliphatic rings. The maximum absolute atomic E-state index is 12.1. The minimum absolute atomic E-state index is 0.193. The summed E-state index contributed by atoms with van der Waals surface area (Å²) in [6, 6.07) is 7.34. The number of rotatable bonds is 5. The predicted molar refractivity (Wildman–Crippen MR) is 100 cm³/mol. The lowest BCUT2D eigenvalue weighted by molar-refractivity contribution is 0.257. The fourth-order valence-corrected chi connectivity index (χ4v) is 2.65. The Kier molecular flexibility index (Phi) is 4.79. The molecule has 0 aliphatic carbocycles. The summed E-state index contributed by atoms with van der Waals surface area (Å²) in [6.45, 7) is 6.56. The minimum Gasteiger partial charge on any atom is -0.493 e. The molecule has 0 atom stereocenters. The fourth-order valence-electron chi connectivity index (χ4n) is 2.65. The maximum atomic E-state index is 12.1. The van der Waals surface area contributed by atoms with Gasteiger partial charge in [0, 0.05) is 5.56 Å². The van der Waals surface area contributed by atoms with E-state index in [0.717, 1.165) is 11.1 Å². The van der Waals surface area contributed by atoms with Crippen LogP contribution < -0.4 is 20.7 Å². The quantitative estimate of drug-likeness (QED) is 0.733. The molecule has 2 aromatic heterocycles. The molecule has 0 spiro atoms. The summed E-state index contributed by atoms with van der Waals surface area (Å²) in [7, 11) is 1.58. The third kappa shape index (κ3) is 3.46. The van der Waals surface area contributed by atoms with E-state index in [1.807, 2.05) is 31.2 Å². The molecule has 0 aliphatic heterocycles. The normalized spacial score (nSPS) is 11.1. The highest BCUT2D eigenvalue weighted by Crippen LogP contribution is 2.33. The van der Waals surface area contributed by atoms with Crippen LogP contribution >= 0.6 is 0 Å². The molecule has 3 aromatic rings. The summed E-state index contributed by atoms with van der Waals surface area (Å²) in [5.41, 5.74) is 1.72. The molecule has 0 amide bonds. The molecule has 0 radical (unpaired) electrons. The van der Waals surface area contributed by atoms with Gasteiger partial charge in [-0.3, -0.25) is 9.78 Å². The zero-order valence-corrected chi connectivity index (χ0v) is 15.2. The van der Waals surface area contributed by atoms with E-state index in [9.17, 15) is 9.59 Å². The summed E-state index contributed by atoms with van der Waals surface area (Å²) in [6.07, 6.45) is 0. The number of hydrogen-bond donors (Lipinski definition) is 2. The van der Waals surface area contributed by atoms with Gasteiger partial charge in [0.2, 0.25) is 0 Å². The van der Waals surface area contributed by atoms with Crippen LogP contribution in [0.1, 0.15) is 19.4 Å². The van der Waals surface area contributed by atoms with Gasteiger partial charge in [0.15, 0.2) is 17.0 Å². The van der Waals surface area contributed by atoms with Crippen molar-refractivity contribution in [3.63, 3.8) is 0 Å². The van der Waals surface area contributed by atoms with E-state index >= 15 is 0 Å². The average Bonchev–Trinajstić information content (AvgIpc) is 2.60. The molecule has 3 rings (SSSR count). The second kappa shape index (κ2) is 7.03. The van der Waals surface area contributed by atoms with Crippen molar-refractivity contribution >= 4 is 11.0 Å². The first-order valence-corrected chi connectivity index (χ1v) is 8.34. The number of hydrogen-bond acceptors (Lipinski definition) is 5. The number of aromatic nitrogens is 3. The van der Waals surface area contributed by atoms with Crippen molar-refractivity contribution in [2.75, 3.05) is 13.7 Å². The van der Waals surface area contributed by atoms with Crippen molar-refractivity contribution < 1.29 is 9.47 Å². The number of benzene rings is 1. The molecule has 0 unspecified atom stereocenters. The summed E-state index contributed by atoms with van der Waals surface area (Å²) in [4.78, 5) is 32.8. The largest absolute Gasteiger partial charge is 0.493 e. The molecule has 0 saturated heterocycles. The first-order valence-electron chi connectivity index (χ1n) is 8.34. The standard InChI is InChI=1S/C19H21N3O4/c1-10(2)9-26-14-6-5-12(8-15(14)25-4)13-7-11(3)16-17(20-13)18(23)22-19(24)21-16/h5-8,10H,9H2,1-4H3,(H2,21,22,23,24). The zero-order valence-electron chi connectivity index (χ0n) is 15.2. The van der Waals surface area contributed by atoms with Crippen LogP contribution in [-0.2, 0) is 0 Å². The van der Waals surface area contributed by atoms with E-state index in [1.165, 1.54) is 0 Å². The van der Waals surface area contributed by atoms with Crippen LogP contribution in [0.5, 0.6) is 11.5 Å². The number of nitrogens with zero attached hydrogens (tertiary/aromatic N) is 1. The van der Waals surface area contributed by atoms with Crippen LogP contribution in [0.4, 0.5) is 0 Å². The number of fused-ring (bicyclic) bond motifs is 1. The fraction of sp³-hybridized carbons (Fsp3) is 0.316. The molecular formula is C19H21N3O4. The Morgan fingerprint density at radius 2 is 1.88 bits per heavy atom. The van der Waals surface area contributed by atoms with E-state index in [2.05, 4.69) is 28.8 Å². The number of ether oxygens (including phenoxy) is 2. The lowest BCUT2D eigenvalue weighted by Gasteiger charge is -2.14. The molecule has 7 nitrogen and oxygen atoms in total. The number of H-pyrrole nitrogens is 2. The highest BCUT2D eigenvalue weighted by atomic mass is 16.5. The van der Waals surface area contributed by atoms with Crippen molar-refractivity contribution in [3.05, 3.63) is 50.7 Å². The number of nitrogens with one attached hydrogen (secondary N) is 2. The van der Waals surface area contributed by atoms with Gasteiger partial charge in [-0.1, -0.05) is 13.8 Å². The Hall–Kier alpha value is -3.09. The highest BCUT2D eigenvalue weighted by molar-refractivity contribution is 5.80. The van der Waals surface area contributed by atoms with Crippen molar-refractivity contribution in [2.45, 2.75) is 20.8 Å². The topological polar surface area (TPSA) is 97.1 Å². The van der Waals surface area contributed by atoms with Crippen molar-refractivity contribution in [1.82, 2.24) is 15.0 Å². The zero-order chi connectivity index (χ0) is 18.8. The molecule has 26 heavy (non-hydrogen) atoms. The number of methoxy groups -OCH3 is 1. The Bertz CT molecular complexity index is 1070. The van der Waals surface area contributed by atoms with Crippen molar-refractivity contribution in [1.29, 1.82) is 0 Å². The van der Waals surface area contributed by atoms with Gasteiger partial charge in [0.25, 0.3) is 5.56 Å². The van der Waals surface area contributed by atoms with Crippen LogP contribution in [0.3, 0.4) is 0 Å². The average molecular weight is 355 g/mol. The first kappa shape index (κ1) is 17.7.